The molecule has 0 spiro atoms. The van der Waals surface area contributed by atoms with Crippen molar-refractivity contribution in [1.29, 1.82) is 0 Å². The molecule has 0 aliphatic heterocycles. The number of ether oxygens (including phenoxy) is 1. The topological polar surface area (TPSA) is 63.3 Å². The van der Waals surface area contributed by atoms with Crippen LogP contribution < -0.4 is 9.42 Å². The number of carboxylic acids is 1. The molecule has 0 saturated carbocycles. The molecule has 0 aliphatic carbocycles. The highest BCUT2D eigenvalue weighted by Crippen LogP contribution is 2.21. The molecule has 0 saturated heterocycles. The average Bonchev–Trinajstić information content (AvgIpc) is 2.25. The summed E-state index contributed by atoms with van der Waals surface area (Å²) in [5.41, 5.74) is 0.771. The first-order chi connectivity index (χ1) is 7.66. The molecule has 0 bridgehead atoms. The van der Waals surface area contributed by atoms with Crippen molar-refractivity contribution in [2.45, 2.75) is 0 Å². The Bertz CT molecular complexity index is 540. The van der Waals surface area contributed by atoms with Gasteiger partial charge in [0, 0.05) is 5.10 Å². The van der Waals surface area contributed by atoms with Crippen molar-refractivity contribution in [3.8, 4) is 5.75 Å². The van der Waals surface area contributed by atoms with Crippen molar-refractivity contribution in [2.24, 2.45) is 7.05 Å². The first kappa shape index (κ1) is 10.4. The van der Waals surface area contributed by atoms with Crippen molar-refractivity contribution < 1.29 is 19.3 Å². The molecule has 0 aliphatic rings. The molecule has 0 radical (unpaired) electrons. The van der Waals surface area contributed by atoms with Crippen LogP contribution >= 0.6 is 0 Å². The number of rotatable bonds is 3. The molecule has 0 unspecified atom stereocenters. The lowest BCUT2D eigenvalue weighted by molar-refractivity contribution is -0.728. The monoisotopic (exact) mass is 219 g/mol. The van der Waals surface area contributed by atoms with Gasteiger partial charge in [-0.3, -0.25) is 0 Å². The first-order valence-electron chi connectivity index (χ1n) is 4.77. The van der Waals surface area contributed by atoms with Gasteiger partial charge >= 0.3 is 5.97 Å². The van der Waals surface area contributed by atoms with E-state index in [0.29, 0.717) is 5.75 Å². The van der Waals surface area contributed by atoms with E-state index in [9.17, 15) is 4.79 Å². The Kier molecular flexibility index (Phi) is 2.68. The summed E-state index contributed by atoms with van der Waals surface area (Å²) in [6.45, 7) is -0.353. The Morgan fingerprint density at radius 3 is 3.00 bits per heavy atom. The summed E-state index contributed by atoms with van der Waals surface area (Å²) in [6, 6.07) is 7.43. The molecule has 2 rings (SSSR count). The second-order valence-electron chi connectivity index (χ2n) is 3.37. The van der Waals surface area contributed by atoms with Crippen LogP contribution in [-0.4, -0.2) is 22.8 Å². The molecular weight excluding hydrogens is 208 g/mol. The smallest absolute Gasteiger partial charge is 0.341 e. The molecule has 0 fully saturated rings. The second kappa shape index (κ2) is 4.14. The number of aryl methyl sites for hydroxylation is 1. The predicted octanol–water partition coefficient (Wildman–Crippen LogP) is 0.523. The molecule has 0 atom stereocenters. The van der Waals surface area contributed by atoms with Gasteiger partial charge in [0.15, 0.2) is 19.4 Å². The van der Waals surface area contributed by atoms with E-state index in [1.807, 2.05) is 24.3 Å². The highest BCUT2D eigenvalue weighted by molar-refractivity contribution is 5.83. The van der Waals surface area contributed by atoms with Crippen LogP contribution in [0.15, 0.2) is 30.5 Å². The van der Waals surface area contributed by atoms with E-state index < -0.39 is 5.97 Å². The van der Waals surface area contributed by atoms with Gasteiger partial charge in [-0.2, -0.15) is 0 Å². The molecule has 1 N–H and O–H groups in total. The van der Waals surface area contributed by atoms with E-state index >= 15 is 0 Å². The maximum atomic E-state index is 10.4. The quantitative estimate of drug-likeness (QED) is 0.764. The third kappa shape index (κ3) is 2.08. The van der Waals surface area contributed by atoms with E-state index in [-0.39, 0.29) is 6.61 Å². The minimum atomic E-state index is -0.997. The minimum Gasteiger partial charge on any atom is -0.479 e. The van der Waals surface area contributed by atoms with E-state index in [2.05, 4.69) is 5.10 Å². The number of benzene rings is 1. The van der Waals surface area contributed by atoms with E-state index in [0.717, 1.165) is 10.9 Å². The normalized spacial score (nSPS) is 10.3. The molecule has 5 heteroatoms. The fourth-order valence-corrected chi connectivity index (χ4v) is 1.46. The molecule has 1 aromatic carbocycles. The highest BCUT2D eigenvalue weighted by atomic mass is 16.5. The average molecular weight is 219 g/mol. The van der Waals surface area contributed by atoms with Crippen molar-refractivity contribution in [3.05, 3.63) is 30.5 Å². The van der Waals surface area contributed by atoms with Crippen LogP contribution in [0.5, 0.6) is 5.75 Å². The minimum absolute atomic E-state index is 0.353. The predicted molar refractivity (Wildman–Crippen MR) is 56.0 cm³/mol. The van der Waals surface area contributed by atoms with Crippen molar-refractivity contribution in [2.75, 3.05) is 6.61 Å². The molecule has 16 heavy (non-hydrogen) atoms. The summed E-state index contributed by atoms with van der Waals surface area (Å²) in [7, 11) is 1.76. The standard InChI is InChI=1S/C11H10N2O3/c1-13-6-10(16-7-11(14)15)8-4-2-3-5-9(8)12-13/h2-6H,7H2,1H3/p+1. The third-order valence-corrected chi connectivity index (χ3v) is 2.09. The first-order valence-corrected chi connectivity index (χ1v) is 4.77. The summed E-state index contributed by atoms with van der Waals surface area (Å²) < 4.78 is 6.80. The van der Waals surface area contributed by atoms with Gasteiger partial charge in [0.25, 0.3) is 0 Å². The zero-order valence-corrected chi connectivity index (χ0v) is 8.75. The summed E-state index contributed by atoms with van der Waals surface area (Å²) in [4.78, 5) is 10.4. The number of hydrogen-bond donors (Lipinski definition) is 1. The highest BCUT2D eigenvalue weighted by Gasteiger charge is 2.10. The van der Waals surface area contributed by atoms with Crippen LogP contribution in [0.3, 0.4) is 0 Å². The van der Waals surface area contributed by atoms with Gasteiger partial charge in [-0.1, -0.05) is 16.8 Å². The summed E-state index contributed by atoms with van der Waals surface area (Å²) >= 11 is 0. The summed E-state index contributed by atoms with van der Waals surface area (Å²) in [5, 5.41) is 13.6. The maximum absolute atomic E-state index is 10.4. The number of carbonyl (C=O) groups is 1. The maximum Gasteiger partial charge on any atom is 0.341 e. The van der Waals surface area contributed by atoms with Crippen LogP contribution in [0.25, 0.3) is 10.9 Å². The van der Waals surface area contributed by atoms with Crippen molar-refractivity contribution in [1.82, 2.24) is 5.10 Å². The van der Waals surface area contributed by atoms with Gasteiger partial charge in [0.2, 0.25) is 6.20 Å². The lowest BCUT2D eigenvalue weighted by Crippen LogP contribution is -2.32. The van der Waals surface area contributed by atoms with Crippen LogP contribution in [0.1, 0.15) is 0 Å². The Labute approximate surface area is 91.9 Å². The Hall–Kier alpha value is -2.17. The number of aromatic nitrogens is 2. The van der Waals surface area contributed by atoms with Crippen molar-refractivity contribution in [3.63, 3.8) is 0 Å². The van der Waals surface area contributed by atoms with Gasteiger partial charge in [0.1, 0.15) is 5.52 Å². The Morgan fingerprint density at radius 2 is 2.25 bits per heavy atom. The second-order valence-corrected chi connectivity index (χ2v) is 3.37. The molecule has 0 amide bonds. The van der Waals surface area contributed by atoms with Gasteiger partial charge in [-0.25, -0.2) is 4.79 Å². The molecular formula is C11H11N2O3+. The van der Waals surface area contributed by atoms with Crippen molar-refractivity contribution >= 4 is 16.9 Å². The zero-order chi connectivity index (χ0) is 11.5. The molecule has 5 nitrogen and oxygen atoms in total. The Morgan fingerprint density at radius 1 is 1.50 bits per heavy atom. The van der Waals surface area contributed by atoms with E-state index in [1.165, 1.54) is 0 Å². The number of nitrogens with zero attached hydrogens (tertiary/aromatic N) is 2. The van der Waals surface area contributed by atoms with Gasteiger partial charge in [-0.05, 0) is 12.1 Å². The number of fused-ring (bicyclic) bond motifs is 1. The summed E-state index contributed by atoms with van der Waals surface area (Å²) in [6.07, 6.45) is 1.66. The van der Waals surface area contributed by atoms with Crippen LogP contribution in [0.4, 0.5) is 0 Å². The zero-order valence-electron chi connectivity index (χ0n) is 8.75. The van der Waals surface area contributed by atoms with Gasteiger partial charge in [0.05, 0.1) is 5.39 Å². The lowest BCUT2D eigenvalue weighted by atomic mass is 10.2. The SMILES string of the molecule is C[n+]1cc(OCC(=O)O)c2ccccc2n1. The molecule has 1 heterocycles. The van der Waals surface area contributed by atoms with Gasteiger partial charge in [-0.15, -0.1) is 0 Å². The van der Waals surface area contributed by atoms with Gasteiger partial charge < -0.3 is 9.84 Å². The fraction of sp³-hybridized carbons (Fsp3) is 0.182. The lowest BCUT2D eigenvalue weighted by Gasteiger charge is -2.03. The number of aliphatic carboxylic acids is 1. The molecule has 82 valence electrons. The van der Waals surface area contributed by atoms with E-state index in [1.54, 1.807) is 17.9 Å². The van der Waals surface area contributed by atoms with Crippen LogP contribution in [-0.2, 0) is 11.8 Å². The third-order valence-electron chi connectivity index (χ3n) is 2.09. The summed E-state index contributed by atoms with van der Waals surface area (Å²) in [5.74, 6) is -0.473. The van der Waals surface area contributed by atoms with E-state index in [4.69, 9.17) is 9.84 Å². The molecule has 1 aromatic heterocycles. The molecule has 2 aromatic rings. The Balaban J connectivity index is 2.46. The van der Waals surface area contributed by atoms with Crippen LogP contribution in [0.2, 0.25) is 0 Å². The largest absolute Gasteiger partial charge is 0.479 e. The fourth-order valence-electron chi connectivity index (χ4n) is 1.46. The number of carboxylic acid groups (broad SMARTS) is 1. The number of hydrogen-bond acceptors (Lipinski definition) is 3. The van der Waals surface area contributed by atoms with Crippen LogP contribution in [0, 0.1) is 0 Å².